The Bertz CT molecular complexity index is 189. The van der Waals surface area contributed by atoms with E-state index in [0.717, 1.165) is 0 Å². The average Bonchev–Trinajstić information content (AvgIpc) is 2.12. The Morgan fingerprint density at radius 1 is 1.89 bits per heavy atom. The third-order valence-corrected chi connectivity index (χ3v) is 0.745. The summed E-state index contributed by atoms with van der Waals surface area (Å²) in [4.78, 5) is 10.0. The summed E-state index contributed by atoms with van der Waals surface area (Å²) in [7, 11) is 0. The number of rotatable bonds is 1. The van der Waals surface area contributed by atoms with Gasteiger partial charge in [-0.1, -0.05) is 0 Å². The molecule has 0 aliphatic carbocycles. The predicted octanol–water partition coefficient (Wildman–Crippen LogP) is -2.78. The van der Waals surface area contributed by atoms with E-state index in [9.17, 15) is 4.79 Å². The van der Waals surface area contributed by atoms with E-state index >= 15 is 0 Å². The summed E-state index contributed by atoms with van der Waals surface area (Å²) in [5, 5.41) is 14.0. The number of hydrogen-bond acceptors (Lipinski definition) is 2. The summed E-state index contributed by atoms with van der Waals surface area (Å²) < 4.78 is 0. The molecule has 0 amide bonds. The maximum Gasteiger partial charge on any atom is 1.00 e. The molecule has 2 N–H and O–H groups in total. The normalized spacial score (nSPS) is 8.00. The smallest absolute Gasteiger partial charge is 1.00 e. The largest absolute Gasteiger partial charge is 1.00 e. The Hall–Kier alpha value is -0.320. The maximum absolute atomic E-state index is 10.0. The summed E-state index contributed by atoms with van der Waals surface area (Å²) in [6.07, 6.45) is 2.57. The molecule has 0 spiro atoms. The quantitative estimate of drug-likeness (QED) is 0.410. The van der Waals surface area contributed by atoms with Crippen LogP contribution in [0.25, 0.3) is 0 Å². The Morgan fingerprint density at radius 3 is 2.78 bits per heavy atom. The molecule has 1 aromatic rings. The molecule has 9 heavy (non-hydrogen) atoms. The van der Waals surface area contributed by atoms with Gasteiger partial charge in [0.15, 0.2) is 0 Å². The number of aromatic amines is 1. The van der Waals surface area contributed by atoms with Crippen molar-refractivity contribution in [3.63, 3.8) is 0 Å². The maximum atomic E-state index is 10.0. The number of aromatic carboxylic acids is 1. The zero-order valence-corrected chi connectivity index (χ0v) is 6.96. The van der Waals surface area contributed by atoms with Gasteiger partial charge in [-0.2, -0.15) is 5.10 Å². The second kappa shape index (κ2) is 3.66. The number of nitrogens with one attached hydrogen (secondary N) is 1. The van der Waals surface area contributed by atoms with Gasteiger partial charge >= 0.3 is 35.5 Å². The molecular weight excluding hydrogens is 131 g/mol. The van der Waals surface area contributed by atoms with Crippen molar-refractivity contribution in [2.45, 2.75) is 0 Å². The summed E-state index contributed by atoms with van der Waals surface area (Å²) in [5.74, 6) is -0.959. The minimum atomic E-state index is -0.959. The average molecular weight is 136 g/mol. The summed E-state index contributed by atoms with van der Waals surface area (Å²) in [6, 6.07) is 0. The van der Waals surface area contributed by atoms with E-state index in [1.165, 1.54) is 12.4 Å². The minimum absolute atomic E-state index is 0. The number of H-pyrrole nitrogens is 1. The van der Waals surface area contributed by atoms with Gasteiger partial charge in [-0.3, -0.25) is 5.10 Å². The molecule has 0 fully saturated rings. The monoisotopic (exact) mass is 136 g/mol. The van der Waals surface area contributed by atoms with Gasteiger partial charge in [-0.05, 0) is 0 Å². The number of carboxylic acid groups (broad SMARTS) is 1. The fourth-order valence-electron chi connectivity index (χ4n) is 0.368. The van der Waals surface area contributed by atoms with Crippen LogP contribution in [0.1, 0.15) is 11.8 Å². The number of aromatic nitrogens is 2. The minimum Gasteiger partial charge on any atom is -1.00 e. The molecule has 1 rings (SSSR count). The first-order chi connectivity index (χ1) is 3.80. The van der Waals surface area contributed by atoms with Crippen molar-refractivity contribution in [3.05, 3.63) is 18.0 Å². The number of nitrogens with zero attached hydrogens (tertiary/aromatic N) is 1. The van der Waals surface area contributed by atoms with Crippen LogP contribution < -0.4 is 29.6 Å². The van der Waals surface area contributed by atoms with Crippen molar-refractivity contribution < 1.29 is 40.9 Å². The number of carboxylic acids is 1. The van der Waals surface area contributed by atoms with Gasteiger partial charge in [0.05, 0.1) is 11.8 Å². The van der Waals surface area contributed by atoms with Crippen LogP contribution in [-0.4, -0.2) is 21.3 Å². The van der Waals surface area contributed by atoms with E-state index in [0.29, 0.717) is 0 Å². The molecule has 5 heteroatoms. The predicted molar refractivity (Wildman–Crippen MR) is 26.7 cm³/mol. The first-order valence-corrected chi connectivity index (χ1v) is 2.03. The summed E-state index contributed by atoms with van der Waals surface area (Å²) >= 11 is 0. The third kappa shape index (κ3) is 2.17. The first kappa shape index (κ1) is 8.68. The van der Waals surface area contributed by atoms with Gasteiger partial charge in [0, 0.05) is 6.20 Å². The first-order valence-electron chi connectivity index (χ1n) is 2.03. The van der Waals surface area contributed by atoms with Crippen LogP contribution in [0.15, 0.2) is 12.4 Å². The van der Waals surface area contributed by atoms with E-state index in [-0.39, 0.29) is 36.5 Å². The number of carbonyl (C=O) groups is 1. The van der Waals surface area contributed by atoms with Crippen molar-refractivity contribution in [2.24, 2.45) is 0 Å². The fourth-order valence-corrected chi connectivity index (χ4v) is 0.368. The number of hydrogen-bond donors (Lipinski definition) is 2. The van der Waals surface area contributed by atoms with Gasteiger partial charge in [0.25, 0.3) is 0 Å². The molecule has 0 saturated heterocycles. The van der Waals surface area contributed by atoms with Gasteiger partial charge in [-0.15, -0.1) is 0 Å². The van der Waals surface area contributed by atoms with E-state index in [1.54, 1.807) is 0 Å². The molecule has 0 unspecified atom stereocenters. The molecule has 0 bridgehead atoms. The van der Waals surface area contributed by atoms with Crippen molar-refractivity contribution in [1.29, 1.82) is 0 Å². The van der Waals surface area contributed by atoms with Gasteiger partial charge < -0.3 is 6.53 Å². The molecule has 1 heterocycles. The zero-order chi connectivity index (χ0) is 5.98. The van der Waals surface area contributed by atoms with Crippen LogP contribution in [0.2, 0.25) is 0 Å². The van der Waals surface area contributed by atoms with Crippen LogP contribution in [0.5, 0.6) is 0 Å². The molecule has 1 aromatic heterocycles. The molecule has 0 atom stereocenters. The van der Waals surface area contributed by atoms with Crippen molar-refractivity contribution >= 4 is 5.97 Å². The summed E-state index contributed by atoms with van der Waals surface area (Å²) in [6.45, 7) is 0. The van der Waals surface area contributed by atoms with Crippen molar-refractivity contribution in [1.82, 2.24) is 10.2 Å². The molecule has 0 radical (unpaired) electrons. The second-order valence-corrected chi connectivity index (χ2v) is 1.29. The molecule has 4 nitrogen and oxygen atoms in total. The fraction of sp³-hybridized carbons (Fsp3) is 0. The van der Waals surface area contributed by atoms with Crippen molar-refractivity contribution in [3.8, 4) is 0 Å². The molecule has 0 saturated carbocycles. The Kier molecular flexibility index (Phi) is 3.53. The van der Waals surface area contributed by atoms with E-state index in [4.69, 9.17) is 5.11 Å². The van der Waals surface area contributed by atoms with E-state index in [2.05, 4.69) is 10.2 Å². The van der Waals surface area contributed by atoms with Gasteiger partial charge in [0.2, 0.25) is 0 Å². The van der Waals surface area contributed by atoms with Crippen LogP contribution >= 0.6 is 0 Å². The third-order valence-electron chi connectivity index (χ3n) is 0.745. The van der Waals surface area contributed by atoms with Crippen LogP contribution in [-0.2, 0) is 0 Å². The van der Waals surface area contributed by atoms with E-state index < -0.39 is 5.97 Å². The second-order valence-electron chi connectivity index (χ2n) is 1.29. The Morgan fingerprint density at radius 2 is 2.56 bits per heavy atom. The van der Waals surface area contributed by atoms with Crippen LogP contribution in [0.4, 0.5) is 0 Å². The molecule has 0 aliphatic heterocycles. The zero-order valence-electron chi connectivity index (χ0n) is 5.96. The molecule has 44 valence electrons. The topological polar surface area (TPSA) is 66.0 Å². The van der Waals surface area contributed by atoms with Crippen LogP contribution in [0.3, 0.4) is 0 Å². The van der Waals surface area contributed by atoms with E-state index in [1.807, 2.05) is 0 Å². The Balaban J connectivity index is 0. The molecule has 0 aromatic carbocycles. The SMILES string of the molecule is O=C(O)c1cn[nH]c1.[H-].[Na+]. The molecular formula is C4H5N2NaO2. The standard InChI is InChI=1S/C4H4N2O2.Na.H/c7-4(8)3-1-5-6-2-3;;/h1-2H,(H,5,6)(H,7,8);;/q;+1;-1. The Labute approximate surface area is 75.0 Å². The van der Waals surface area contributed by atoms with Crippen molar-refractivity contribution in [2.75, 3.05) is 0 Å². The molecule has 0 aliphatic rings. The van der Waals surface area contributed by atoms with Crippen LogP contribution in [0, 0.1) is 0 Å². The summed E-state index contributed by atoms with van der Waals surface area (Å²) in [5.41, 5.74) is 0.185. The van der Waals surface area contributed by atoms with Gasteiger partial charge in [-0.25, -0.2) is 4.79 Å². The van der Waals surface area contributed by atoms with Gasteiger partial charge in [0.1, 0.15) is 0 Å².